The van der Waals surface area contributed by atoms with Gasteiger partial charge in [-0.3, -0.25) is 14.5 Å². The Labute approximate surface area is 196 Å². The molecule has 0 radical (unpaired) electrons. The summed E-state index contributed by atoms with van der Waals surface area (Å²) in [5.41, 5.74) is 6.37. The Kier molecular flexibility index (Phi) is 8.73. The minimum Gasteiger partial charge on any atom is -0.507 e. The van der Waals surface area contributed by atoms with Crippen LogP contribution in [-0.4, -0.2) is 81.4 Å². The SMILES string of the molecule is CCC(CC)CN(CCN1[C@@H]2CC[C@H]1C[C@@H](c1cccc(C(N)=O)c1O)C2)C(=O)[C@@H](O)CO. The third-order valence-electron chi connectivity index (χ3n) is 7.69. The summed E-state index contributed by atoms with van der Waals surface area (Å²) < 4.78 is 0. The summed E-state index contributed by atoms with van der Waals surface area (Å²) in [6.07, 6.45) is 4.44. The predicted octanol–water partition coefficient (Wildman–Crippen LogP) is 1.82. The van der Waals surface area contributed by atoms with Crippen molar-refractivity contribution >= 4 is 11.8 Å². The second-order valence-electron chi connectivity index (χ2n) is 9.56. The molecule has 8 nitrogen and oxygen atoms in total. The normalized spacial score (nSPS) is 23.6. The molecule has 5 N–H and O–H groups in total. The summed E-state index contributed by atoms with van der Waals surface area (Å²) in [7, 11) is 0. The van der Waals surface area contributed by atoms with Gasteiger partial charge in [-0.1, -0.05) is 38.8 Å². The molecule has 2 amide bonds. The number of rotatable bonds is 11. The number of carbonyl (C=O) groups is 2. The lowest BCUT2D eigenvalue weighted by atomic mass is 9.83. The monoisotopic (exact) mass is 461 g/mol. The molecule has 0 aliphatic carbocycles. The van der Waals surface area contributed by atoms with Gasteiger partial charge in [-0.15, -0.1) is 0 Å². The van der Waals surface area contributed by atoms with E-state index in [2.05, 4.69) is 18.7 Å². The number of primary amides is 1. The maximum Gasteiger partial charge on any atom is 0.253 e. The largest absolute Gasteiger partial charge is 0.507 e. The lowest BCUT2D eigenvalue weighted by Crippen LogP contribution is -2.50. The molecule has 0 spiro atoms. The topological polar surface area (TPSA) is 127 Å². The standard InChI is InChI=1S/C25H39N3O5/c1-3-16(4-2)14-27(25(33)22(30)15-29)10-11-28-18-8-9-19(28)13-17(12-18)20-6-5-7-21(23(20)31)24(26)32/h5-7,16-19,22,29-31H,3-4,8-15H2,1-2H3,(H2,26,32)/t17-,18+,19-,22-/m0/s1. The van der Waals surface area contributed by atoms with Crippen LogP contribution in [0.4, 0.5) is 0 Å². The van der Waals surface area contributed by atoms with Gasteiger partial charge in [0.2, 0.25) is 0 Å². The summed E-state index contributed by atoms with van der Waals surface area (Å²) >= 11 is 0. The maximum atomic E-state index is 12.7. The number of piperidine rings is 1. The fourth-order valence-electron chi connectivity index (χ4n) is 5.66. The molecule has 1 aromatic rings. The molecule has 2 bridgehead atoms. The van der Waals surface area contributed by atoms with Crippen LogP contribution in [0.5, 0.6) is 5.75 Å². The van der Waals surface area contributed by atoms with Crippen molar-refractivity contribution in [2.45, 2.75) is 76.5 Å². The number of nitrogens with zero attached hydrogens (tertiary/aromatic N) is 2. The second kappa shape index (κ2) is 11.3. The Balaban J connectivity index is 1.68. The van der Waals surface area contributed by atoms with E-state index >= 15 is 0 Å². The van der Waals surface area contributed by atoms with Gasteiger partial charge in [0, 0.05) is 31.7 Å². The maximum absolute atomic E-state index is 12.7. The Morgan fingerprint density at radius 3 is 2.36 bits per heavy atom. The molecular weight excluding hydrogens is 422 g/mol. The van der Waals surface area contributed by atoms with Crippen molar-refractivity contribution < 1.29 is 24.9 Å². The van der Waals surface area contributed by atoms with Gasteiger partial charge in [0.05, 0.1) is 12.2 Å². The fourth-order valence-corrected chi connectivity index (χ4v) is 5.66. The first-order valence-corrected chi connectivity index (χ1v) is 12.3. The molecule has 8 heteroatoms. The smallest absolute Gasteiger partial charge is 0.253 e. The highest BCUT2D eigenvalue weighted by molar-refractivity contribution is 5.96. The van der Waals surface area contributed by atoms with Gasteiger partial charge < -0.3 is 26.0 Å². The Hall–Kier alpha value is -2.16. The number of aliphatic hydroxyl groups is 2. The van der Waals surface area contributed by atoms with Crippen LogP contribution in [0.1, 0.15) is 74.2 Å². The van der Waals surface area contributed by atoms with E-state index in [1.54, 1.807) is 17.0 Å². The number of carbonyl (C=O) groups excluding carboxylic acids is 2. The summed E-state index contributed by atoms with van der Waals surface area (Å²) in [5.74, 6) is -0.496. The lowest BCUT2D eigenvalue weighted by Gasteiger charge is -2.40. The number of aromatic hydroxyl groups is 1. The van der Waals surface area contributed by atoms with Crippen LogP contribution in [0, 0.1) is 5.92 Å². The molecule has 1 aromatic carbocycles. The van der Waals surface area contributed by atoms with E-state index in [0.29, 0.717) is 31.1 Å². The van der Waals surface area contributed by atoms with Crippen molar-refractivity contribution in [2.75, 3.05) is 26.2 Å². The van der Waals surface area contributed by atoms with Crippen LogP contribution in [0.3, 0.4) is 0 Å². The summed E-state index contributed by atoms with van der Waals surface area (Å²) in [6.45, 7) is 5.47. The van der Waals surface area contributed by atoms with E-state index in [-0.39, 0.29) is 17.2 Å². The van der Waals surface area contributed by atoms with Gasteiger partial charge in [-0.2, -0.15) is 0 Å². The summed E-state index contributed by atoms with van der Waals surface area (Å²) in [5, 5.41) is 29.8. The van der Waals surface area contributed by atoms with Crippen molar-refractivity contribution in [2.24, 2.45) is 11.7 Å². The zero-order valence-electron chi connectivity index (χ0n) is 19.8. The van der Waals surface area contributed by atoms with Crippen molar-refractivity contribution in [3.05, 3.63) is 29.3 Å². The number of fused-ring (bicyclic) bond motifs is 2. The third-order valence-corrected chi connectivity index (χ3v) is 7.69. The Bertz CT molecular complexity index is 814. The molecule has 2 saturated heterocycles. The number of hydrogen-bond acceptors (Lipinski definition) is 6. The number of benzene rings is 1. The predicted molar refractivity (Wildman–Crippen MR) is 126 cm³/mol. The highest BCUT2D eigenvalue weighted by Gasteiger charge is 2.42. The molecule has 2 fully saturated rings. The molecule has 0 unspecified atom stereocenters. The van der Waals surface area contributed by atoms with E-state index in [0.717, 1.165) is 50.6 Å². The summed E-state index contributed by atoms with van der Waals surface area (Å²) in [6, 6.07) is 5.90. The van der Waals surface area contributed by atoms with E-state index < -0.39 is 24.5 Å². The Morgan fingerprint density at radius 2 is 1.82 bits per heavy atom. The second-order valence-corrected chi connectivity index (χ2v) is 9.56. The average Bonchev–Trinajstić information content (AvgIpc) is 3.05. The number of hydrogen-bond donors (Lipinski definition) is 4. The lowest BCUT2D eigenvalue weighted by molar-refractivity contribution is -0.143. The van der Waals surface area contributed by atoms with Crippen LogP contribution in [0.25, 0.3) is 0 Å². The number of amides is 2. The van der Waals surface area contributed by atoms with E-state index in [9.17, 15) is 24.9 Å². The van der Waals surface area contributed by atoms with Crippen molar-refractivity contribution in [1.29, 1.82) is 0 Å². The highest BCUT2D eigenvalue weighted by atomic mass is 16.3. The molecule has 0 aromatic heterocycles. The molecular formula is C25H39N3O5. The van der Waals surface area contributed by atoms with E-state index in [4.69, 9.17) is 5.73 Å². The summed E-state index contributed by atoms with van der Waals surface area (Å²) in [4.78, 5) is 28.5. The van der Waals surface area contributed by atoms with Crippen molar-refractivity contribution in [1.82, 2.24) is 9.80 Å². The molecule has 184 valence electrons. The molecule has 33 heavy (non-hydrogen) atoms. The van der Waals surface area contributed by atoms with Crippen LogP contribution < -0.4 is 5.73 Å². The highest BCUT2D eigenvalue weighted by Crippen LogP contribution is 2.45. The van der Waals surface area contributed by atoms with Crippen molar-refractivity contribution in [3.8, 4) is 5.75 Å². The Morgan fingerprint density at radius 1 is 1.18 bits per heavy atom. The van der Waals surface area contributed by atoms with Crippen LogP contribution >= 0.6 is 0 Å². The first kappa shape index (κ1) is 25.5. The van der Waals surface area contributed by atoms with E-state index in [1.165, 1.54) is 0 Å². The molecule has 2 heterocycles. The van der Waals surface area contributed by atoms with E-state index in [1.807, 2.05) is 6.07 Å². The molecule has 0 saturated carbocycles. The van der Waals surface area contributed by atoms with Gasteiger partial charge in [0.15, 0.2) is 6.10 Å². The first-order chi connectivity index (χ1) is 15.8. The third kappa shape index (κ3) is 5.67. The number of nitrogens with two attached hydrogens (primary N) is 1. The van der Waals surface area contributed by atoms with Gasteiger partial charge in [-0.25, -0.2) is 0 Å². The fraction of sp³-hybridized carbons (Fsp3) is 0.680. The zero-order valence-corrected chi connectivity index (χ0v) is 19.8. The van der Waals surface area contributed by atoms with Crippen LogP contribution in [0.2, 0.25) is 0 Å². The van der Waals surface area contributed by atoms with Gasteiger partial charge in [0.25, 0.3) is 11.8 Å². The molecule has 3 rings (SSSR count). The molecule has 2 aliphatic heterocycles. The van der Waals surface area contributed by atoms with Gasteiger partial charge in [-0.05, 0) is 49.1 Å². The van der Waals surface area contributed by atoms with Crippen molar-refractivity contribution in [3.63, 3.8) is 0 Å². The quantitative estimate of drug-likeness (QED) is 0.398. The minimum absolute atomic E-state index is 0.00258. The van der Waals surface area contributed by atoms with Crippen LogP contribution in [0.15, 0.2) is 18.2 Å². The zero-order chi connectivity index (χ0) is 24.1. The number of aliphatic hydroxyl groups excluding tert-OH is 2. The number of para-hydroxylation sites is 1. The first-order valence-electron chi connectivity index (χ1n) is 12.3. The van der Waals surface area contributed by atoms with Gasteiger partial charge >= 0.3 is 0 Å². The van der Waals surface area contributed by atoms with Crippen LogP contribution in [-0.2, 0) is 4.79 Å². The number of phenols is 1. The minimum atomic E-state index is -1.37. The van der Waals surface area contributed by atoms with Gasteiger partial charge in [0.1, 0.15) is 5.75 Å². The molecule has 4 atom stereocenters. The molecule has 2 aliphatic rings. The average molecular weight is 462 g/mol.